The van der Waals surface area contributed by atoms with Gasteiger partial charge in [-0.05, 0) is 20.8 Å². The zero-order valence-electron chi connectivity index (χ0n) is 13.9. The molecule has 122 valence electrons. The zero-order chi connectivity index (χ0) is 17.0. The molecule has 0 aromatic carbocycles. The van der Waals surface area contributed by atoms with Crippen molar-refractivity contribution in [2.75, 3.05) is 7.11 Å². The predicted molar refractivity (Wildman–Crippen MR) is 79.3 cm³/mol. The summed E-state index contributed by atoms with van der Waals surface area (Å²) in [6, 6.07) is -1.18. The van der Waals surface area contributed by atoms with Crippen LogP contribution in [0.25, 0.3) is 0 Å². The third kappa shape index (κ3) is 6.57. The smallest absolute Gasteiger partial charge is 0.249 e. The van der Waals surface area contributed by atoms with Gasteiger partial charge in [0.1, 0.15) is 6.04 Å². The standard InChI is InChI=1S/C14H27N3O4/c1-13(2,3)12(20)16-8(9(21-7)10(15)18)11(19)17-14(4,5)6/h8-9H,1-7H3,(H2,15,18)(H,16,20)(H,17,19). The van der Waals surface area contributed by atoms with Gasteiger partial charge in [-0.15, -0.1) is 0 Å². The number of nitrogens with two attached hydrogens (primary N) is 1. The summed E-state index contributed by atoms with van der Waals surface area (Å²) in [6.45, 7) is 10.5. The van der Waals surface area contributed by atoms with Crippen LogP contribution in [-0.2, 0) is 19.1 Å². The fourth-order valence-corrected chi connectivity index (χ4v) is 1.50. The Morgan fingerprint density at radius 1 is 1.05 bits per heavy atom. The van der Waals surface area contributed by atoms with E-state index in [2.05, 4.69) is 10.6 Å². The number of carbonyl (C=O) groups excluding carboxylic acids is 3. The van der Waals surface area contributed by atoms with E-state index in [4.69, 9.17) is 10.5 Å². The molecule has 0 spiro atoms. The summed E-state index contributed by atoms with van der Waals surface area (Å²) >= 11 is 0. The lowest BCUT2D eigenvalue weighted by Gasteiger charge is -2.30. The summed E-state index contributed by atoms with van der Waals surface area (Å²) in [6.07, 6.45) is -1.24. The molecule has 0 saturated heterocycles. The topological polar surface area (TPSA) is 111 Å². The SMILES string of the molecule is COC(C(N)=O)C(NC(=O)C(C)(C)C)C(=O)NC(C)(C)C. The van der Waals surface area contributed by atoms with Gasteiger partial charge in [-0.1, -0.05) is 20.8 Å². The van der Waals surface area contributed by atoms with Gasteiger partial charge in [0.15, 0.2) is 6.10 Å². The molecule has 2 unspecified atom stereocenters. The van der Waals surface area contributed by atoms with Crippen LogP contribution in [0.15, 0.2) is 0 Å². The molecule has 0 aliphatic carbocycles. The van der Waals surface area contributed by atoms with Crippen molar-refractivity contribution in [2.24, 2.45) is 11.1 Å². The summed E-state index contributed by atoms with van der Waals surface area (Å²) in [4.78, 5) is 35.8. The largest absolute Gasteiger partial charge is 0.369 e. The first-order chi connectivity index (χ1) is 9.29. The molecule has 21 heavy (non-hydrogen) atoms. The maximum Gasteiger partial charge on any atom is 0.249 e. The highest BCUT2D eigenvalue weighted by Gasteiger charge is 2.37. The molecule has 4 N–H and O–H groups in total. The first kappa shape index (κ1) is 19.4. The molecule has 3 amide bonds. The molecule has 0 bridgehead atoms. The summed E-state index contributed by atoms with van der Waals surface area (Å²) in [7, 11) is 1.26. The molecule has 0 rings (SSSR count). The number of primary amides is 1. The second-order valence-corrected chi connectivity index (χ2v) is 7.00. The lowest BCUT2D eigenvalue weighted by atomic mass is 9.94. The van der Waals surface area contributed by atoms with Crippen molar-refractivity contribution in [3.05, 3.63) is 0 Å². The molecule has 7 heteroatoms. The Morgan fingerprint density at radius 2 is 1.52 bits per heavy atom. The second-order valence-electron chi connectivity index (χ2n) is 7.00. The van der Waals surface area contributed by atoms with Gasteiger partial charge < -0.3 is 21.1 Å². The zero-order valence-corrected chi connectivity index (χ0v) is 13.9. The third-order valence-electron chi connectivity index (χ3n) is 2.59. The molecule has 2 atom stereocenters. The van der Waals surface area contributed by atoms with Crippen LogP contribution in [-0.4, -0.2) is 42.5 Å². The third-order valence-corrected chi connectivity index (χ3v) is 2.59. The van der Waals surface area contributed by atoms with Gasteiger partial charge in [0, 0.05) is 18.1 Å². The van der Waals surface area contributed by atoms with Gasteiger partial charge >= 0.3 is 0 Å². The van der Waals surface area contributed by atoms with Crippen LogP contribution in [0.3, 0.4) is 0 Å². The second kappa shape index (κ2) is 6.89. The maximum absolute atomic E-state index is 12.3. The Balaban J connectivity index is 5.33. The van der Waals surface area contributed by atoms with E-state index >= 15 is 0 Å². The quantitative estimate of drug-likeness (QED) is 0.660. The van der Waals surface area contributed by atoms with Crippen LogP contribution < -0.4 is 16.4 Å². The molecule has 0 aromatic heterocycles. The number of methoxy groups -OCH3 is 1. The number of amides is 3. The number of rotatable bonds is 5. The molecule has 7 nitrogen and oxygen atoms in total. The number of hydrogen-bond acceptors (Lipinski definition) is 4. The van der Waals surface area contributed by atoms with Crippen molar-refractivity contribution in [1.82, 2.24) is 10.6 Å². The molecule has 0 aliphatic heterocycles. The first-order valence-corrected chi connectivity index (χ1v) is 6.74. The highest BCUT2D eigenvalue weighted by molar-refractivity contribution is 5.95. The van der Waals surface area contributed by atoms with E-state index in [-0.39, 0.29) is 5.91 Å². The monoisotopic (exact) mass is 301 g/mol. The van der Waals surface area contributed by atoms with E-state index in [0.29, 0.717) is 0 Å². The Morgan fingerprint density at radius 3 is 1.81 bits per heavy atom. The van der Waals surface area contributed by atoms with Crippen molar-refractivity contribution in [3.63, 3.8) is 0 Å². The minimum Gasteiger partial charge on any atom is -0.369 e. The molecule has 0 heterocycles. The van der Waals surface area contributed by atoms with Crippen LogP contribution in [0.1, 0.15) is 41.5 Å². The number of ether oxygens (including phenoxy) is 1. The highest BCUT2D eigenvalue weighted by Crippen LogP contribution is 2.14. The Hall–Kier alpha value is -1.63. The lowest BCUT2D eigenvalue weighted by molar-refractivity contribution is -0.142. The minimum absolute atomic E-state index is 0.375. The maximum atomic E-state index is 12.3. The van der Waals surface area contributed by atoms with Crippen molar-refractivity contribution < 1.29 is 19.1 Å². The summed E-state index contributed by atoms with van der Waals surface area (Å²) in [5.74, 6) is -1.72. The average molecular weight is 301 g/mol. The van der Waals surface area contributed by atoms with Crippen LogP contribution in [0, 0.1) is 5.41 Å². The van der Waals surface area contributed by atoms with Crippen molar-refractivity contribution in [3.8, 4) is 0 Å². The molecular weight excluding hydrogens is 274 g/mol. The van der Waals surface area contributed by atoms with Gasteiger partial charge in [-0.2, -0.15) is 0 Å². The van der Waals surface area contributed by atoms with E-state index < -0.39 is 34.9 Å². The van der Waals surface area contributed by atoms with E-state index in [0.717, 1.165) is 0 Å². The fraction of sp³-hybridized carbons (Fsp3) is 0.786. The van der Waals surface area contributed by atoms with Gasteiger partial charge in [-0.3, -0.25) is 14.4 Å². The molecule has 0 saturated carbocycles. The minimum atomic E-state index is -1.24. The normalized spacial score (nSPS) is 15.0. The van der Waals surface area contributed by atoms with Crippen molar-refractivity contribution in [2.45, 2.75) is 59.2 Å². The first-order valence-electron chi connectivity index (χ1n) is 6.74. The summed E-state index contributed by atoms with van der Waals surface area (Å²) < 4.78 is 4.97. The van der Waals surface area contributed by atoms with Crippen LogP contribution in [0.5, 0.6) is 0 Å². The molecule has 0 aliphatic rings. The Kier molecular flexibility index (Phi) is 6.35. The predicted octanol–water partition coefficient (Wildman–Crippen LogP) is -0.0677. The van der Waals surface area contributed by atoms with Crippen molar-refractivity contribution in [1.29, 1.82) is 0 Å². The molecule has 0 aromatic rings. The molecule has 0 fully saturated rings. The Labute approximate surface area is 126 Å². The summed E-state index contributed by atoms with van der Waals surface area (Å²) in [5.41, 5.74) is 4.01. The van der Waals surface area contributed by atoms with E-state index in [1.165, 1.54) is 7.11 Å². The lowest BCUT2D eigenvalue weighted by Crippen LogP contribution is -2.61. The molecular formula is C14H27N3O4. The van der Waals surface area contributed by atoms with Crippen molar-refractivity contribution >= 4 is 17.7 Å². The number of carbonyl (C=O) groups is 3. The molecule has 0 radical (unpaired) electrons. The van der Waals surface area contributed by atoms with Gasteiger partial charge in [0.25, 0.3) is 0 Å². The number of nitrogens with one attached hydrogen (secondary N) is 2. The van der Waals surface area contributed by atoms with E-state index in [1.807, 2.05) is 0 Å². The van der Waals surface area contributed by atoms with Gasteiger partial charge in [0.2, 0.25) is 17.7 Å². The highest BCUT2D eigenvalue weighted by atomic mass is 16.5. The number of hydrogen-bond donors (Lipinski definition) is 3. The summed E-state index contributed by atoms with van der Waals surface area (Å²) in [5, 5.41) is 5.24. The van der Waals surface area contributed by atoms with Crippen LogP contribution in [0.2, 0.25) is 0 Å². The van der Waals surface area contributed by atoms with Crippen LogP contribution in [0.4, 0.5) is 0 Å². The van der Waals surface area contributed by atoms with E-state index in [1.54, 1.807) is 41.5 Å². The average Bonchev–Trinajstić information content (AvgIpc) is 2.24. The van der Waals surface area contributed by atoms with E-state index in [9.17, 15) is 14.4 Å². The Bertz CT molecular complexity index is 407. The van der Waals surface area contributed by atoms with Gasteiger partial charge in [-0.25, -0.2) is 0 Å². The fourth-order valence-electron chi connectivity index (χ4n) is 1.50. The van der Waals surface area contributed by atoms with Crippen LogP contribution >= 0.6 is 0 Å². The van der Waals surface area contributed by atoms with Gasteiger partial charge in [0.05, 0.1) is 0 Å².